The molecule has 2 aromatic carbocycles. The van der Waals surface area contributed by atoms with Gasteiger partial charge >= 0.3 is 6.18 Å². The van der Waals surface area contributed by atoms with Crippen LogP contribution in [0.1, 0.15) is 36.6 Å². The van der Waals surface area contributed by atoms with Gasteiger partial charge in [0.2, 0.25) is 11.8 Å². The minimum Gasteiger partial charge on any atom is -0.349 e. The van der Waals surface area contributed by atoms with Crippen molar-refractivity contribution in [3.63, 3.8) is 0 Å². The maximum atomic E-state index is 12.8. The summed E-state index contributed by atoms with van der Waals surface area (Å²) in [4.78, 5) is 23.1. The number of hydrogen-bond acceptors (Lipinski definition) is 2. The first kappa shape index (κ1) is 19.5. The molecular formula is C19H19F3N2O2. The van der Waals surface area contributed by atoms with E-state index in [1.807, 2.05) is 0 Å². The molecule has 4 nitrogen and oxygen atoms in total. The van der Waals surface area contributed by atoms with Crippen LogP contribution in [-0.4, -0.2) is 11.8 Å². The molecule has 0 saturated carbocycles. The SMILES string of the molecule is CC(=O)Nc1ccc(CC(=O)NC(C)c2cccc(C(F)(F)F)c2)cc1. The normalized spacial score (nSPS) is 12.3. The van der Waals surface area contributed by atoms with Crippen LogP contribution in [0.3, 0.4) is 0 Å². The second kappa shape index (κ2) is 8.03. The van der Waals surface area contributed by atoms with Crippen LogP contribution in [0.25, 0.3) is 0 Å². The molecule has 1 unspecified atom stereocenters. The lowest BCUT2D eigenvalue weighted by Crippen LogP contribution is -2.28. The van der Waals surface area contributed by atoms with E-state index in [1.54, 1.807) is 37.3 Å². The van der Waals surface area contributed by atoms with Crippen LogP contribution in [0.4, 0.5) is 18.9 Å². The fraction of sp³-hybridized carbons (Fsp3) is 0.263. The van der Waals surface area contributed by atoms with E-state index in [9.17, 15) is 22.8 Å². The fourth-order valence-corrected chi connectivity index (χ4v) is 2.45. The maximum Gasteiger partial charge on any atom is 0.416 e. The maximum absolute atomic E-state index is 12.8. The number of alkyl halides is 3. The molecule has 0 radical (unpaired) electrons. The van der Waals surface area contributed by atoms with Gasteiger partial charge < -0.3 is 10.6 Å². The summed E-state index contributed by atoms with van der Waals surface area (Å²) in [5.41, 5.74) is 0.991. The molecule has 0 aromatic heterocycles. The molecule has 2 amide bonds. The van der Waals surface area contributed by atoms with Gasteiger partial charge in [0.05, 0.1) is 18.0 Å². The number of amides is 2. The lowest BCUT2D eigenvalue weighted by molar-refractivity contribution is -0.137. The predicted molar refractivity (Wildman–Crippen MR) is 92.5 cm³/mol. The number of nitrogens with one attached hydrogen (secondary N) is 2. The predicted octanol–water partition coefficient (Wildman–Crippen LogP) is 4.08. The van der Waals surface area contributed by atoms with Crippen molar-refractivity contribution in [2.45, 2.75) is 32.5 Å². The van der Waals surface area contributed by atoms with Crippen molar-refractivity contribution in [2.75, 3.05) is 5.32 Å². The van der Waals surface area contributed by atoms with Gasteiger partial charge in [-0.25, -0.2) is 0 Å². The van der Waals surface area contributed by atoms with Crippen molar-refractivity contribution in [1.82, 2.24) is 5.32 Å². The summed E-state index contributed by atoms with van der Waals surface area (Å²) >= 11 is 0. The Morgan fingerprint density at radius 1 is 1.08 bits per heavy atom. The Balaban J connectivity index is 1.98. The first-order chi connectivity index (χ1) is 12.1. The minimum absolute atomic E-state index is 0.0870. The monoisotopic (exact) mass is 364 g/mol. The van der Waals surface area contributed by atoms with Gasteiger partial charge in [0, 0.05) is 12.6 Å². The third-order valence-corrected chi connectivity index (χ3v) is 3.73. The molecule has 0 spiro atoms. The molecule has 0 aliphatic rings. The summed E-state index contributed by atoms with van der Waals surface area (Å²) in [6, 6.07) is 11.1. The van der Waals surface area contributed by atoms with Crippen LogP contribution in [0, 0.1) is 0 Å². The number of hydrogen-bond donors (Lipinski definition) is 2. The zero-order valence-corrected chi connectivity index (χ0v) is 14.4. The van der Waals surface area contributed by atoms with Crippen molar-refractivity contribution < 1.29 is 22.8 Å². The molecule has 2 aromatic rings. The van der Waals surface area contributed by atoms with Gasteiger partial charge in [-0.2, -0.15) is 13.2 Å². The summed E-state index contributed by atoms with van der Waals surface area (Å²) in [6.45, 7) is 3.03. The Hall–Kier alpha value is -2.83. The first-order valence-electron chi connectivity index (χ1n) is 7.98. The highest BCUT2D eigenvalue weighted by Crippen LogP contribution is 2.30. The van der Waals surface area contributed by atoms with E-state index in [4.69, 9.17) is 0 Å². The Morgan fingerprint density at radius 3 is 2.31 bits per heavy atom. The van der Waals surface area contributed by atoms with Gasteiger partial charge in [-0.1, -0.05) is 24.3 Å². The van der Waals surface area contributed by atoms with Gasteiger partial charge in [0.15, 0.2) is 0 Å². The van der Waals surface area contributed by atoms with Crippen molar-refractivity contribution >= 4 is 17.5 Å². The summed E-state index contributed by atoms with van der Waals surface area (Å²) < 4.78 is 38.3. The van der Waals surface area contributed by atoms with E-state index in [0.717, 1.165) is 17.7 Å². The van der Waals surface area contributed by atoms with Crippen LogP contribution < -0.4 is 10.6 Å². The fourth-order valence-electron chi connectivity index (χ4n) is 2.45. The van der Waals surface area contributed by atoms with Crippen molar-refractivity contribution in [3.05, 3.63) is 65.2 Å². The van der Waals surface area contributed by atoms with Gasteiger partial charge in [-0.3, -0.25) is 9.59 Å². The van der Waals surface area contributed by atoms with Gasteiger partial charge in [0.1, 0.15) is 0 Å². The molecule has 2 N–H and O–H groups in total. The molecule has 138 valence electrons. The highest BCUT2D eigenvalue weighted by Gasteiger charge is 2.30. The molecule has 0 aliphatic carbocycles. The molecule has 2 rings (SSSR count). The molecule has 0 bridgehead atoms. The summed E-state index contributed by atoms with van der Waals surface area (Å²) in [5.74, 6) is -0.493. The van der Waals surface area contributed by atoms with E-state index in [-0.39, 0.29) is 18.2 Å². The third kappa shape index (κ3) is 5.61. The Kier molecular flexibility index (Phi) is 6.02. The highest BCUT2D eigenvalue weighted by atomic mass is 19.4. The highest BCUT2D eigenvalue weighted by molar-refractivity contribution is 5.88. The largest absolute Gasteiger partial charge is 0.416 e. The molecule has 0 heterocycles. The van der Waals surface area contributed by atoms with E-state index < -0.39 is 17.8 Å². The standard InChI is InChI=1S/C19H19F3N2O2/c1-12(15-4-3-5-16(11-15)19(20,21)22)23-18(26)10-14-6-8-17(9-7-14)24-13(2)25/h3-9,11-12H,10H2,1-2H3,(H,23,26)(H,24,25). The second-order valence-electron chi connectivity index (χ2n) is 5.97. The second-order valence-corrected chi connectivity index (χ2v) is 5.97. The molecule has 0 aliphatic heterocycles. The summed E-state index contributed by atoms with van der Waals surface area (Å²) in [5, 5.41) is 5.32. The van der Waals surface area contributed by atoms with Crippen LogP contribution in [0.15, 0.2) is 48.5 Å². The zero-order chi connectivity index (χ0) is 19.3. The Bertz CT molecular complexity index is 786. The van der Waals surface area contributed by atoms with E-state index in [1.165, 1.54) is 13.0 Å². The van der Waals surface area contributed by atoms with Crippen LogP contribution >= 0.6 is 0 Å². The van der Waals surface area contributed by atoms with Gasteiger partial charge in [0.25, 0.3) is 0 Å². The van der Waals surface area contributed by atoms with Crippen molar-refractivity contribution in [2.24, 2.45) is 0 Å². The van der Waals surface area contributed by atoms with Crippen LogP contribution in [0.5, 0.6) is 0 Å². The van der Waals surface area contributed by atoms with Gasteiger partial charge in [-0.05, 0) is 42.3 Å². The Morgan fingerprint density at radius 2 is 1.73 bits per heavy atom. The number of carbonyl (C=O) groups is 2. The quantitative estimate of drug-likeness (QED) is 0.840. The zero-order valence-electron chi connectivity index (χ0n) is 14.4. The molecule has 1 atom stereocenters. The molecule has 0 saturated heterocycles. The van der Waals surface area contributed by atoms with Crippen LogP contribution in [-0.2, 0) is 22.2 Å². The number of carbonyl (C=O) groups excluding carboxylic acids is 2. The summed E-state index contributed by atoms with van der Waals surface area (Å²) in [7, 11) is 0. The number of benzene rings is 2. The third-order valence-electron chi connectivity index (χ3n) is 3.73. The molecule has 26 heavy (non-hydrogen) atoms. The lowest BCUT2D eigenvalue weighted by Gasteiger charge is -2.16. The van der Waals surface area contributed by atoms with Crippen molar-refractivity contribution in [1.29, 1.82) is 0 Å². The molecule has 0 fully saturated rings. The molecular weight excluding hydrogens is 345 g/mol. The van der Waals surface area contributed by atoms with E-state index in [0.29, 0.717) is 11.3 Å². The van der Waals surface area contributed by atoms with Gasteiger partial charge in [-0.15, -0.1) is 0 Å². The lowest BCUT2D eigenvalue weighted by atomic mass is 10.0. The topological polar surface area (TPSA) is 58.2 Å². The summed E-state index contributed by atoms with van der Waals surface area (Å²) in [6.07, 6.45) is -4.33. The van der Waals surface area contributed by atoms with E-state index >= 15 is 0 Å². The Labute approximate surface area is 149 Å². The van der Waals surface area contributed by atoms with Crippen LogP contribution in [0.2, 0.25) is 0 Å². The first-order valence-corrected chi connectivity index (χ1v) is 7.98. The average molecular weight is 364 g/mol. The smallest absolute Gasteiger partial charge is 0.349 e. The van der Waals surface area contributed by atoms with Crippen molar-refractivity contribution in [3.8, 4) is 0 Å². The van der Waals surface area contributed by atoms with E-state index in [2.05, 4.69) is 10.6 Å². The number of rotatable bonds is 5. The average Bonchev–Trinajstić information content (AvgIpc) is 2.55. The number of anilines is 1. The number of halogens is 3. The minimum atomic E-state index is -4.42. The molecule has 7 heteroatoms.